The first kappa shape index (κ1) is 21.0. The standard InChI is InChI=1S/C23H20N2O5S/c1-2-11-30-19-8-7-16-5-3-4-6-17(16)18(19)14-20-22(27)25(23(28)31-20)15-21(26)24-9-12-29-13-10-24/h1,3-8,14H,9-13,15H2/b20-14+. The number of amides is 3. The minimum atomic E-state index is -0.493. The highest BCUT2D eigenvalue weighted by molar-refractivity contribution is 8.18. The molecule has 0 N–H and O–H groups in total. The smallest absolute Gasteiger partial charge is 0.294 e. The van der Waals surface area contributed by atoms with Crippen LogP contribution < -0.4 is 4.74 Å². The number of benzene rings is 2. The molecule has 0 atom stereocenters. The van der Waals surface area contributed by atoms with Gasteiger partial charge in [0.1, 0.15) is 18.9 Å². The van der Waals surface area contributed by atoms with Crippen LogP contribution in [0.15, 0.2) is 41.3 Å². The number of terminal acetylenes is 1. The summed E-state index contributed by atoms with van der Waals surface area (Å²) >= 11 is 0.814. The van der Waals surface area contributed by atoms with Crippen LogP contribution in [0, 0.1) is 12.3 Å². The number of carbonyl (C=O) groups is 3. The van der Waals surface area contributed by atoms with Crippen molar-refractivity contribution in [2.75, 3.05) is 39.5 Å². The first-order valence-electron chi connectivity index (χ1n) is 9.77. The van der Waals surface area contributed by atoms with E-state index in [1.807, 2.05) is 30.3 Å². The first-order valence-corrected chi connectivity index (χ1v) is 10.6. The summed E-state index contributed by atoms with van der Waals surface area (Å²) in [5.41, 5.74) is 0.665. The van der Waals surface area contributed by atoms with Crippen molar-refractivity contribution < 1.29 is 23.9 Å². The monoisotopic (exact) mass is 436 g/mol. The molecule has 2 aliphatic heterocycles. The number of imide groups is 1. The van der Waals surface area contributed by atoms with Gasteiger partial charge in [-0.1, -0.05) is 36.3 Å². The molecule has 0 unspecified atom stereocenters. The summed E-state index contributed by atoms with van der Waals surface area (Å²) in [6.07, 6.45) is 6.96. The Morgan fingerprint density at radius 1 is 1.19 bits per heavy atom. The van der Waals surface area contributed by atoms with Gasteiger partial charge in [-0.2, -0.15) is 0 Å². The predicted octanol–water partition coefficient (Wildman–Crippen LogP) is 2.75. The largest absolute Gasteiger partial charge is 0.480 e. The first-order chi connectivity index (χ1) is 15.1. The van der Waals surface area contributed by atoms with Crippen LogP contribution in [0.4, 0.5) is 4.79 Å². The lowest BCUT2D eigenvalue weighted by molar-refractivity contribution is -0.139. The maximum atomic E-state index is 12.9. The fourth-order valence-corrected chi connectivity index (χ4v) is 4.31. The van der Waals surface area contributed by atoms with Crippen molar-refractivity contribution in [1.82, 2.24) is 9.80 Å². The van der Waals surface area contributed by atoms with Gasteiger partial charge in [0.2, 0.25) is 5.91 Å². The van der Waals surface area contributed by atoms with Crippen molar-refractivity contribution in [3.05, 3.63) is 46.9 Å². The van der Waals surface area contributed by atoms with E-state index in [1.165, 1.54) is 0 Å². The summed E-state index contributed by atoms with van der Waals surface area (Å²) in [4.78, 5) is 40.8. The van der Waals surface area contributed by atoms with Crippen LogP contribution in [-0.4, -0.2) is 66.3 Å². The number of ether oxygens (including phenoxy) is 2. The molecule has 0 spiro atoms. The van der Waals surface area contributed by atoms with E-state index in [0.29, 0.717) is 37.6 Å². The van der Waals surface area contributed by atoms with Gasteiger partial charge in [0.05, 0.1) is 18.1 Å². The Bertz CT molecular complexity index is 1110. The van der Waals surface area contributed by atoms with Crippen molar-refractivity contribution in [2.24, 2.45) is 0 Å². The van der Waals surface area contributed by atoms with Gasteiger partial charge >= 0.3 is 0 Å². The van der Waals surface area contributed by atoms with Crippen molar-refractivity contribution in [2.45, 2.75) is 0 Å². The van der Waals surface area contributed by atoms with Crippen LogP contribution in [0.5, 0.6) is 5.75 Å². The lowest BCUT2D eigenvalue weighted by atomic mass is 10.0. The van der Waals surface area contributed by atoms with Gasteiger partial charge in [-0.25, -0.2) is 0 Å². The molecule has 0 saturated carbocycles. The van der Waals surface area contributed by atoms with Gasteiger partial charge in [0.15, 0.2) is 0 Å². The lowest BCUT2D eigenvalue weighted by Gasteiger charge is -2.28. The van der Waals surface area contributed by atoms with E-state index in [9.17, 15) is 14.4 Å². The molecular formula is C23H20N2O5S. The summed E-state index contributed by atoms with van der Waals surface area (Å²) in [6, 6.07) is 11.4. The lowest BCUT2D eigenvalue weighted by Crippen LogP contribution is -2.46. The summed E-state index contributed by atoms with van der Waals surface area (Å²) in [6.45, 7) is 1.62. The maximum Gasteiger partial charge on any atom is 0.294 e. The molecule has 0 radical (unpaired) electrons. The molecular weight excluding hydrogens is 416 g/mol. The maximum absolute atomic E-state index is 12.9. The van der Waals surface area contributed by atoms with Gasteiger partial charge in [0, 0.05) is 18.7 Å². The van der Waals surface area contributed by atoms with E-state index < -0.39 is 11.1 Å². The summed E-state index contributed by atoms with van der Waals surface area (Å²) in [7, 11) is 0. The van der Waals surface area contributed by atoms with Gasteiger partial charge in [-0.3, -0.25) is 19.3 Å². The molecule has 2 aliphatic rings. The number of nitrogens with zero attached hydrogens (tertiary/aromatic N) is 2. The van der Waals surface area contributed by atoms with Crippen molar-refractivity contribution >= 4 is 45.7 Å². The second-order valence-corrected chi connectivity index (χ2v) is 7.95. The number of fused-ring (bicyclic) bond motifs is 1. The van der Waals surface area contributed by atoms with Gasteiger partial charge in [0.25, 0.3) is 11.1 Å². The highest BCUT2D eigenvalue weighted by Crippen LogP contribution is 2.36. The zero-order valence-corrected chi connectivity index (χ0v) is 17.5. The number of rotatable bonds is 5. The number of hydrogen-bond donors (Lipinski definition) is 0. The van der Waals surface area contributed by atoms with Gasteiger partial charge < -0.3 is 14.4 Å². The third-order valence-corrected chi connectivity index (χ3v) is 5.96. The normalized spacial score (nSPS) is 18.0. The van der Waals surface area contributed by atoms with Crippen molar-refractivity contribution in [3.63, 3.8) is 0 Å². The molecule has 2 heterocycles. The van der Waals surface area contributed by atoms with Crippen LogP contribution in [-0.2, 0) is 14.3 Å². The van der Waals surface area contributed by atoms with E-state index in [2.05, 4.69) is 5.92 Å². The Morgan fingerprint density at radius 3 is 2.74 bits per heavy atom. The fraction of sp³-hybridized carbons (Fsp3) is 0.261. The fourth-order valence-electron chi connectivity index (χ4n) is 3.49. The predicted molar refractivity (Wildman–Crippen MR) is 118 cm³/mol. The zero-order chi connectivity index (χ0) is 21.8. The number of hydrogen-bond acceptors (Lipinski definition) is 6. The van der Waals surface area contributed by atoms with Crippen LogP contribution >= 0.6 is 11.8 Å². The SMILES string of the molecule is C#CCOc1ccc2ccccc2c1/C=C1/SC(=O)N(CC(=O)N2CCOCC2)C1=O. The van der Waals surface area contributed by atoms with E-state index in [1.54, 1.807) is 17.0 Å². The summed E-state index contributed by atoms with van der Waals surface area (Å²) in [5, 5.41) is 1.36. The van der Waals surface area contributed by atoms with Crippen molar-refractivity contribution in [1.29, 1.82) is 0 Å². The molecule has 158 valence electrons. The van der Waals surface area contributed by atoms with E-state index >= 15 is 0 Å². The Morgan fingerprint density at radius 2 is 1.97 bits per heavy atom. The molecule has 0 aliphatic carbocycles. The molecule has 2 saturated heterocycles. The Balaban J connectivity index is 1.62. The molecule has 0 bridgehead atoms. The topological polar surface area (TPSA) is 76.2 Å². The average Bonchev–Trinajstić information content (AvgIpc) is 3.06. The van der Waals surface area contributed by atoms with Crippen molar-refractivity contribution in [3.8, 4) is 18.1 Å². The Hall–Kier alpha value is -3.28. The zero-order valence-electron chi connectivity index (χ0n) is 16.7. The molecule has 4 rings (SSSR count). The van der Waals surface area contributed by atoms with E-state index in [-0.39, 0.29) is 24.0 Å². The number of thioether (sulfide) groups is 1. The van der Waals surface area contributed by atoms with E-state index in [4.69, 9.17) is 15.9 Å². The minimum Gasteiger partial charge on any atom is -0.480 e. The summed E-state index contributed by atoms with van der Waals surface area (Å²) < 4.78 is 10.9. The van der Waals surface area contributed by atoms with Crippen LogP contribution in [0.1, 0.15) is 5.56 Å². The molecule has 2 aromatic carbocycles. The average molecular weight is 436 g/mol. The second-order valence-electron chi connectivity index (χ2n) is 6.95. The molecule has 7 nitrogen and oxygen atoms in total. The molecule has 2 fully saturated rings. The van der Waals surface area contributed by atoms with E-state index in [0.717, 1.165) is 27.4 Å². The number of morpholine rings is 1. The molecule has 31 heavy (non-hydrogen) atoms. The Kier molecular flexibility index (Phi) is 6.26. The highest BCUT2D eigenvalue weighted by Gasteiger charge is 2.37. The van der Waals surface area contributed by atoms with Crippen LogP contribution in [0.2, 0.25) is 0 Å². The molecule has 2 aromatic rings. The molecule has 8 heteroatoms. The van der Waals surface area contributed by atoms with Gasteiger partial charge in [-0.05, 0) is 34.7 Å². The highest BCUT2D eigenvalue weighted by atomic mass is 32.2. The summed E-state index contributed by atoms with van der Waals surface area (Å²) in [5.74, 6) is 2.19. The quantitative estimate of drug-likeness (QED) is 0.530. The van der Waals surface area contributed by atoms with Crippen LogP contribution in [0.3, 0.4) is 0 Å². The minimum absolute atomic E-state index is 0.0781. The number of carbonyl (C=O) groups excluding carboxylic acids is 3. The third kappa shape index (κ3) is 4.43. The van der Waals surface area contributed by atoms with Gasteiger partial charge in [-0.15, -0.1) is 6.42 Å². The second kappa shape index (κ2) is 9.25. The third-order valence-electron chi connectivity index (χ3n) is 5.05. The molecule has 3 amide bonds. The Labute approximate surface area is 184 Å². The van der Waals surface area contributed by atoms with Crippen LogP contribution in [0.25, 0.3) is 16.8 Å². The molecule has 0 aromatic heterocycles.